The molecular formula is C16H22O4. The molecule has 3 rings (SSSR count). The lowest BCUT2D eigenvalue weighted by molar-refractivity contribution is -0.0108. The van der Waals surface area contributed by atoms with E-state index in [-0.39, 0.29) is 12.0 Å². The van der Waals surface area contributed by atoms with Crippen LogP contribution in [0.2, 0.25) is 0 Å². The van der Waals surface area contributed by atoms with Crippen LogP contribution in [0.1, 0.15) is 37.0 Å². The highest BCUT2D eigenvalue weighted by atomic mass is 16.5. The first-order valence-corrected chi connectivity index (χ1v) is 7.32. The number of aliphatic hydroxyl groups is 1. The third-order valence-corrected chi connectivity index (χ3v) is 4.21. The first-order chi connectivity index (χ1) is 9.69. The van der Waals surface area contributed by atoms with Gasteiger partial charge in [-0.25, -0.2) is 0 Å². The van der Waals surface area contributed by atoms with E-state index in [9.17, 15) is 5.11 Å². The monoisotopic (exact) mass is 278 g/mol. The minimum atomic E-state index is -0.560. The summed E-state index contributed by atoms with van der Waals surface area (Å²) in [6.45, 7) is 3.46. The van der Waals surface area contributed by atoms with Crippen LogP contribution in [-0.4, -0.2) is 31.5 Å². The SMILES string of the molecule is COc1cc2c(cc1C(O)C1CCCOC1)OC(C)C2. The van der Waals surface area contributed by atoms with E-state index in [2.05, 4.69) is 6.92 Å². The van der Waals surface area contributed by atoms with Crippen LogP contribution in [0.3, 0.4) is 0 Å². The molecule has 1 fully saturated rings. The third-order valence-electron chi connectivity index (χ3n) is 4.21. The molecule has 0 amide bonds. The molecule has 2 heterocycles. The summed E-state index contributed by atoms with van der Waals surface area (Å²) >= 11 is 0. The summed E-state index contributed by atoms with van der Waals surface area (Å²) < 4.78 is 16.7. The molecule has 4 heteroatoms. The molecule has 3 unspecified atom stereocenters. The fourth-order valence-electron chi connectivity index (χ4n) is 3.13. The molecule has 20 heavy (non-hydrogen) atoms. The van der Waals surface area contributed by atoms with Crippen LogP contribution in [0.4, 0.5) is 0 Å². The average Bonchev–Trinajstić information content (AvgIpc) is 2.85. The molecule has 3 atom stereocenters. The molecule has 1 aromatic carbocycles. The van der Waals surface area contributed by atoms with Gasteiger partial charge in [-0.1, -0.05) is 0 Å². The van der Waals surface area contributed by atoms with Gasteiger partial charge in [-0.15, -0.1) is 0 Å². The summed E-state index contributed by atoms with van der Waals surface area (Å²) in [5, 5.41) is 10.6. The third kappa shape index (κ3) is 2.50. The lowest BCUT2D eigenvalue weighted by atomic mass is 9.90. The second-order valence-corrected chi connectivity index (χ2v) is 5.76. The van der Waals surface area contributed by atoms with Gasteiger partial charge < -0.3 is 19.3 Å². The Morgan fingerprint density at radius 1 is 1.40 bits per heavy atom. The molecule has 2 aliphatic rings. The molecule has 4 nitrogen and oxygen atoms in total. The molecule has 110 valence electrons. The van der Waals surface area contributed by atoms with E-state index in [0.29, 0.717) is 6.61 Å². The minimum Gasteiger partial charge on any atom is -0.496 e. The normalized spacial score (nSPS) is 26.8. The molecule has 2 aliphatic heterocycles. The quantitative estimate of drug-likeness (QED) is 0.922. The number of benzene rings is 1. The zero-order valence-electron chi connectivity index (χ0n) is 12.1. The van der Waals surface area contributed by atoms with Gasteiger partial charge in [0, 0.05) is 30.1 Å². The van der Waals surface area contributed by atoms with E-state index >= 15 is 0 Å². The number of rotatable bonds is 3. The van der Waals surface area contributed by atoms with Crippen molar-refractivity contribution in [1.29, 1.82) is 0 Å². The Bertz CT molecular complexity index is 480. The van der Waals surface area contributed by atoms with Crippen molar-refractivity contribution >= 4 is 0 Å². The number of methoxy groups -OCH3 is 1. The van der Waals surface area contributed by atoms with Gasteiger partial charge in [-0.3, -0.25) is 0 Å². The van der Waals surface area contributed by atoms with Crippen LogP contribution < -0.4 is 9.47 Å². The highest BCUT2D eigenvalue weighted by Gasteiger charge is 2.29. The van der Waals surface area contributed by atoms with Crippen LogP contribution in [0.5, 0.6) is 11.5 Å². The van der Waals surface area contributed by atoms with E-state index in [1.54, 1.807) is 7.11 Å². The highest BCUT2D eigenvalue weighted by molar-refractivity contribution is 5.49. The zero-order valence-corrected chi connectivity index (χ0v) is 12.1. The van der Waals surface area contributed by atoms with Crippen LogP contribution in [0, 0.1) is 5.92 Å². The summed E-state index contributed by atoms with van der Waals surface area (Å²) in [6, 6.07) is 3.94. The molecule has 0 spiro atoms. The Morgan fingerprint density at radius 3 is 2.95 bits per heavy atom. The lowest BCUT2D eigenvalue weighted by Gasteiger charge is -2.28. The molecule has 0 radical (unpaired) electrons. The van der Waals surface area contributed by atoms with Crippen molar-refractivity contribution in [2.75, 3.05) is 20.3 Å². The summed E-state index contributed by atoms with van der Waals surface area (Å²) in [6.07, 6.45) is 2.52. The van der Waals surface area contributed by atoms with Gasteiger partial charge in [0.15, 0.2) is 0 Å². The van der Waals surface area contributed by atoms with Gasteiger partial charge >= 0.3 is 0 Å². The van der Waals surface area contributed by atoms with Crippen molar-refractivity contribution in [2.24, 2.45) is 5.92 Å². The number of hydrogen-bond acceptors (Lipinski definition) is 4. The maximum Gasteiger partial charge on any atom is 0.125 e. The van der Waals surface area contributed by atoms with Gasteiger partial charge in [0.25, 0.3) is 0 Å². The van der Waals surface area contributed by atoms with Gasteiger partial charge in [0.2, 0.25) is 0 Å². The minimum absolute atomic E-state index is 0.134. The van der Waals surface area contributed by atoms with Gasteiger partial charge in [0.1, 0.15) is 17.6 Å². The number of hydrogen-bond donors (Lipinski definition) is 1. The first kappa shape index (κ1) is 13.7. The topological polar surface area (TPSA) is 47.9 Å². The Labute approximate surface area is 119 Å². The maximum atomic E-state index is 10.6. The number of aliphatic hydroxyl groups excluding tert-OH is 1. The number of fused-ring (bicyclic) bond motifs is 1. The fraction of sp³-hybridized carbons (Fsp3) is 0.625. The van der Waals surface area contributed by atoms with Crippen molar-refractivity contribution in [3.63, 3.8) is 0 Å². The van der Waals surface area contributed by atoms with Crippen molar-refractivity contribution in [2.45, 2.75) is 38.4 Å². The zero-order chi connectivity index (χ0) is 14.1. The Balaban J connectivity index is 1.89. The summed E-state index contributed by atoms with van der Waals surface area (Å²) in [5.41, 5.74) is 1.97. The van der Waals surface area contributed by atoms with Crippen molar-refractivity contribution < 1.29 is 19.3 Å². The van der Waals surface area contributed by atoms with Gasteiger partial charge in [-0.2, -0.15) is 0 Å². The van der Waals surface area contributed by atoms with E-state index in [0.717, 1.165) is 48.5 Å². The van der Waals surface area contributed by atoms with Crippen molar-refractivity contribution in [3.05, 3.63) is 23.3 Å². The molecule has 1 saturated heterocycles. The Hall–Kier alpha value is -1.26. The Morgan fingerprint density at radius 2 is 2.25 bits per heavy atom. The molecule has 0 aliphatic carbocycles. The standard InChI is InChI=1S/C16H22O4/c1-10-6-12-7-15(18-2)13(8-14(12)20-10)16(17)11-4-3-5-19-9-11/h7-8,10-11,16-17H,3-6,9H2,1-2H3. The predicted octanol–water partition coefficient (Wildman–Crippen LogP) is 2.48. The summed E-state index contributed by atoms with van der Waals surface area (Å²) in [7, 11) is 1.65. The summed E-state index contributed by atoms with van der Waals surface area (Å²) in [4.78, 5) is 0. The fourth-order valence-corrected chi connectivity index (χ4v) is 3.13. The second kappa shape index (κ2) is 5.62. The predicted molar refractivity (Wildman–Crippen MR) is 75.3 cm³/mol. The van der Waals surface area contributed by atoms with E-state index in [4.69, 9.17) is 14.2 Å². The van der Waals surface area contributed by atoms with E-state index in [1.165, 1.54) is 0 Å². The smallest absolute Gasteiger partial charge is 0.125 e. The van der Waals surface area contributed by atoms with E-state index in [1.807, 2.05) is 12.1 Å². The van der Waals surface area contributed by atoms with Crippen LogP contribution in [-0.2, 0) is 11.2 Å². The molecule has 0 bridgehead atoms. The molecule has 0 aromatic heterocycles. The van der Waals surface area contributed by atoms with Crippen LogP contribution >= 0.6 is 0 Å². The first-order valence-electron chi connectivity index (χ1n) is 7.32. The van der Waals surface area contributed by atoms with Crippen molar-refractivity contribution in [3.8, 4) is 11.5 Å². The van der Waals surface area contributed by atoms with E-state index < -0.39 is 6.10 Å². The average molecular weight is 278 g/mol. The largest absolute Gasteiger partial charge is 0.496 e. The second-order valence-electron chi connectivity index (χ2n) is 5.76. The van der Waals surface area contributed by atoms with Crippen LogP contribution in [0.15, 0.2) is 12.1 Å². The lowest BCUT2D eigenvalue weighted by Crippen LogP contribution is -2.24. The Kier molecular flexibility index (Phi) is 3.85. The maximum absolute atomic E-state index is 10.6. The summed E-state index contributed by atoms with van der Waals surface area (Å²) in [5.74, 6) is 1.76. The number of ether oxygens (including phenoxy) is 3. The molecule has 1 N–H and O–H groups in total. The molecule has 0 saturated carbocycles. The molecule has 1 aromatic rings. The highest BCUT2D eigenvalue weighted by Crippen LogP contribution is 2.40. The van der Waals surface area contributed by atoms with Crippen molar-refractivity contribution in [1.82, 2.24) is 0 Å². The van der Waals surface area contributed by atoms with Gasteiger partial charge in [-0.05, 0) is 31.9 Å². The molecular weight excluding hydrogens is 256 g/mol. The van der Waals surface area contributed by atoms with Crippen LogP contribution in [0.25, 0.3) is 0 Å². The van der Waals surface area contributed by atoms with Gasteiger partial charge in [0.05, 0.1) is 19.8 Å².